The molecule has 0 atom stereocenters. The molecular weight excluding hydrogens is 291 g/mol. The molecule has 0 bridgehead atoms. The van der Waals surface area contributed by atoms with Gasteiger partial charge in [0.2, 0.25) is 11.6 Å². The fourth-order valence-electron chi connectivity index (χ4n) is 1.37. The van der Waals surface area contributed by atoms with E-state index in [0.717, 1.165) is 12.1 Å². The zero-order valence-corrected chi connectivity index (χ0v) is 14.6. The van der Waals surface area contributed by atoms with Gasteiger partial charge in [0.25, 0.3) is 5.56 Å². The fourth-order valence-corrected chi connectivity index (χ4v) is 1.37. The van der Waals surface area contributed by atoms with Crippen LogP contribution in [0, 0.1) is 27.4 Å². The molecule has 1 aromatic heterocycles. The van der Waals surface area contributed by atoms with E-state index in [1.165, 1.54) is 6.19 Å². The molecule has 0 aliphatic rings. The molecule has 0 fully saturated rings. The molecule has 1 heterocycles. The number of nitrogens with one attached hydrogen (secondary N) is 2. The Labute approximate surface area is 158 Å². The Kier molecular flexibility index (Phi) is 7.29. The van der Waals surface area contributed by atoms with Crippen LogP contribution in [0.3, 0.4) is 0 Å². The summed E-state index contributed by atoms with van der Waals surface area (Å²) >= 11 is 0. The summed E-state index contributed by atoms with van der Waals surface area (Å²) in [5, 5.41) is 20.9. The second kappa shape index (κ2) is 7.68. The maximum absolute atomic E-state index is 13.3. The van der Waals surface area contributed by atoms with E-state index >= 15 is 0 Å². The number of nitro benzene ring substituents is 1. The topological polar surface area (TPSA) is 125 Å². The fraction of sp³-hybridized carbons (Fsp3) is 0. The van der Waals surface area contributed by atoms with E-state index < -0.39 is 22.0 Å². The number of hydrogen-bond donors (Lipinski definition) is 2. The maximum Gasteiger partial charge on any atom is 1.00 e. The first-order valence-corrected chi connectivity index (χ1v) is 4.56. The summed E-state index contributed by atoms with van der Waals surface area (Å²) in [7, 11) is 0. The Balaban J connectivity index is -0.000000902. The molecule has 0 radical (unpaired) electrons. The molecule has 2 rings (SSSR count). The summed E-state index contributed by atoms with van der Waals surface area (Å²) in [6, 6.07) is 1.68. The van der Waals surface area contributed by atoms with Crippen LogP contribution in [0.15, 0.2) is 16.9 Å². The largest absolute Gasteiger partial charge is 1.00 e. The minimum atomic E-state index is -1.07. The number of fused-ring (bicyclic) bond motifs is 1. The number of halogens is 1. The first-order valence-electron chi connectivity index (χ1n) is 4.56. The van der Waals surface area contributed by atoms with E-state index in [0.29, 0.717) is 0 Å². The van der Waals surface area contributed by atoms with E-state index in [1.807, 2.05) is 5.32 Å². The molecular formula is C9H6FN5Na2O3. The van der Waals surface area contributed by atoms with Crippen LogP contribution in [0.25, 0.3) is 11.0 Å². The number of H-pyrrole nitrogens is 1. The van der Waals surface area contributed by atoms with Crippen LogP contribution in [0.4, 0.5) is 15.9 Å². The van der Waals surface area contributed by atoms with Crippen molar-refractivity contribution >= 4 is 22.5 Å². The second-order valence-corrected chi connectivity index (χ2v) is 3.23. The number of nitriles is 1. The van der Waals surface area contributed by atoms with Gasteiger partial charge in [-0.15, -0.1) is 0 Å². The van der Waals surface area contributed by atoms with Gasteiger partial charge in [-0.05, 0) is 0 Å². The average molecular weight is 297 g/mol. The van der Waals surface area contributed by atoms with Gasteiger partial charge < -0.3 is 7.84 Å². The Hall–Kier alpha value is -1.02. The molecule has 0 unspecified atom stereocenters. The van der Waals surface area contributed by atoms with Gasteiger partial charge in [-0.1, -0.05) is 0 Å². The number of benzene rings is 1. The van der Waals surface area contributed by atoms with Crippen LogP contribution in [0.1, 0.15) is 2.85 Å². The van der Waals surface area contributed by atoms with Crippen LogP contribution in [0.2, 0.25) is 0 Å². The Morgan fingerprint density at radius 3 is 2.70 bits per heavy atom. The number of nitrogens with zero attached hydrogens (tertiary/aromatic N) is 3. The van der Waals surface area contributed by atoms with E-state index in [2.05, 4.69) is 9.97 Å². The average Bonchev–Trinajstić information content (AvgIpc) is 2.30. The van der Waals surface area contributed by atoms with Gasteiger partial charge >= 0.3 is 64.8 Å². The molecule has 0 aliphatic carbocycles. The third kappa shape index (κ3) is 3.76. The van der Waals surface area contributed by atoms with Gasteiger partial charge in [-0.3, -0.25) is 20.2 Å². The Morgan fingerprint density at radius 2 is 2.15 bits per heavy atom. The van der Waals surface area contributed by atoms with E-state index in [-0.39, 0.29) is 78.8 Å². The monoisotopic (exact) mass is 297 g/mol. The smallest absolute Gasteiger partial charge is 1.00 e. The van der Waals surface area contributed by atoms with Crippen molar-refractivity contribution < 1.29 is 71.3 Å². The third-order valence-electron chi connectivity index (χ3n) is 2.13. The minimum absolute atomic E-state index is 0. The quantitative estimate of drug-likeness (QED) is 0.188. The summed E-state index contributed by atoms with van der Waals surface area (Å²) in [4.78, 5) is 27.0. The van der Waals surface area contributed by atoms with Crippen molar-refractivity contribution in [2.45, 2.75) is 0 Å². The molecule has 0 aliphatic heterocycles. The molecule has 94 valence electrons. The van der Waals surface area contributed by atoms with Gasteiger partial charge in [0, 0.05) is 12.1 Å². The summed E-state index contributed by atoms with van der Waals surface area (Å²) in [5.41, 5.74) is -1.49. The van der Waals surface area contributed by atoms with Crippen LogP contribution < -0.4 is 70.0 Å². The molecule has 11 heteroatoms. The van der Waals surface area contributed by atoms with Crippen LogP contribution in [0.5, 0.6) is 0 Å². The number of hydrogen-bond acceptors (Lipinski definition) is 6. The molecule has 8 nitrogen and oxygen atoms in total. The van der Waals surface area contributed by atoms with Crippen LogP contribution in [-0.2, 0) is 0 Å². The first-order chi connectivity index (χ1) is 8.52. The second-order valence-electron chi connectivity index (χ2n) is 3.23. The van der Waals surface area contributed by atoms with Crippen LogP contribution >= 0.6 is 0 Å². The summed E-state index contributed by atoms with van der Waals surface area (Å²) in [5.74, 6) is -1.38. The van der Waals surface area contributed by atoms with Gasteiger partial charge in [0.15, 0.2) is 6.19 Å². The van der Waals surface area contributed by atoms with Crippen molar-refractivity contribution in [3.05, 3.63) is 38.4 Å². The number of anilines is 1. The number of aromatic nitrogens is 2. The SMILES string of the molecule is N#CNc1nc2cc(F)c([N+](=O)[O-])cc2[nH]c1=O.[H-].[H-].[Na+].[Na+]. The minimum Gasteiger partial charge on any atom is -1.00 e. The predicted molar refractivity (Wildman–Crippen MR) is 60.4 cm³/mol. The van der Waals surface area contributed by atoms with Gasteiger partial charge in [0.1, 0.15) is 0 Å². The standard InChI is InChI=1S/C9H4FN5O3.2Na.2H/c10-4-1-5-6(2-7(4)15(17)18)14-9(16)8(13-5)12-3-11;;;;/h1-2H,(H,12,13)(H,14,16);;;;/q;2*+1;2*-1. The van der Waals surface area contributed by atoms with E-state index in [4.69, 9.17) is 5.26 Å². The van der Waals surface area contributed by atoms with Gasteiger partial charge in [-0.25, -0.2) is 4.98 Å². The third-order valence-corrected chi connectivity index (χ3v) is 2.13. The molecule has 0 saturated heterocycles. The zero-order chi connectivity index (χ0) is 13.3. The molecule has 0 saturated carbocycles. The predicted octanol–water partition coefficient (Wildman–Crippen LogP) is -4.90. The molecule has 0 amide bonds. The number of aromatic amines is 1. The first kappa shape index (κ1) is 19.0. The van der Waals surface area contributed by atoms with Crippen molar-refractivity contribution in [1.82, 2.24) is 9.97 Å². The number of nitro groups is 1. The van der Waals surface area contributed by atoms with Crippen molar-refractivity contribution in [3.8, 4) is 6.19 Å². The summed E-state index contributed by atoms with van der Waals surface area (Å²) < 4.78 is 13.3. The molecule has 0 spiro atoms. The zero-order valence-electron chi connectivity index (χ0n) is 12.6. The van der Waals surface area contributed by atoms with Crippen molar-refractivity contribution in [3.63, 3.8) is 0 Å². The maximum atomic E-state index is 13.3. The molecule has 20 heavy (non-hydrogen) atoms. The van der Waals surface area contributed by atoms with E-state index in [1.54, 1.807) is 0 Å². The van der Waals surface area contributed by atoms with Gasteiger partial charge in [-0.2, -0.15) is 9.65 Å². The van der Waals surface area contributed by atoms with Crippen molar-refractivity contribution in [1.29, 1.82) is 5.26 Å². The normalized spacial score (nSPS) is 9.00. The molecule has 1 aromatic carbocycles. The Morgan fingerprint density at radius 1 is 1.50 bits per heavy atom. The van der Waals surface area contributed by atoms with Crippen molar-refractivity contribution in [2.75, 3.05) is 5.32 Å². The number of rotatable bonds is 2. The molecule has 2 N–H and O–H groups in total. The summed E-state index contributed by atoms with van der Waals surface area (Å²) in [6.07, 6.45) is 1.50. The van der Waals surface area contributed by atoms with E-state index in [9.17, 15) is 19.3 Å². The summed E-state index contributed by atoms with van der Waals surface area (Å²) in [6.45, 7) is 0. The van der Waals surface area contributed by atoms with Gasteiger partial charge in [0.05, 0.1) is 16.0 Å². The van der Waals surface area contributed by atoms with Crippen molar-refractivity contribution in [2.24, 2.45) is 0 Å². The molecule has 2 aromatic rings. The Bertz CT molecular complexity index is 767. The van der Waals surface area contributed by atoms with Crippen LogP contribution in [-0.4, -0.2) is 14.9 Å².